The highest BCUT2D eigenvalue weighted by Gasteiger charge is 2.14. The van der Waals surface area contributed by atoms with Gasteiger partial charge in [0.2, 0.25) is 15.8 Å². The maximum Gasteiger partial charge on any atom is 0.240 e. The van der Waals surface area contributed by atoms with Crippen LogP contribution in [0.15, 0.2) is 35.2 Å². The summed E-state index contributed by atoms with van der Waals surface area (Å²) < 4.78 is 25.2. The molecule has 0 atom stereocenters. The molecule has 17 heavy (non-hydrogen) atoms. The van der Waals surface area contributed by atoms with Gasteiger partial charge >= 0.3 is 0 Å². The Bertz CT molecular complexity index is 620. The summed E-state index contributed by atoms with van der Waals surface area (Å²) in [5, 5.41) is 7.28. The van der Waals surface area contributed by atoms with Crippen molar-refractivity contribution < 1.29 is 13.2 Å². The summed E-state index contributed by atoms with van der Waals surface area (Å²) in [4.78, 5) is 4.69. The zero-order valence-corrected chi connectivity index (χ0v) is 10.2. The van der Waals surface area contributed by atoms with Crippen LogP contribution in [-0.4, -0.2) is 23.5 Å². The number of sulfonamides is 1. The average molecular weight is 253 g/mol. The number of tetrazole rings is 1. The Morgan fingerprint density at radius 1 is 1.29 bits per heavy atom. The summed E-state index contributed by atoms with van der Waals surface area (Å²) in [5.41, 5.74) is 0. The third-order valence-electron chi connectivity index (χ3n) is 2.24. The molecule has 0 N–H and O–H groups in total. The highest BCUT2D eigenvalue weighted by Crippen LogP contribution is 2.13. The van der Waals surface area contributed by atoms with Crippen LogP contribution < -0.4 is 4.79 Å². The standard InChI is InChI=1S/C9H11N5O2S/c1-8-13(2)10-11-14(8)12-17(15,16)9-6-4-3-5-7-9/h3-7H,1-2H3. The van der Waals surface area contributed by atoms with Gasteiger partial charge in [0.15, 0.2) is 0 Å². The third-order valence-corrected chi connectivity index (χ3v) is 3.48. The Morgan fingerprint density at radius 3 is 2.47 bits per heavy atom. The average Bonchev–Trinajstić information content (AvgIpc) is 2.62. The van der Waals surface area contributed by atoms with Gasteiger partial charge in [-0.3, -0.25) is 0 Å². The van der Waals surface area contributed by atoms with Crippen LogP contribution in [-0.2, 0) is 17.1 Å². The van der Waals surface area contributed by atoms with Crippen molar-refractivity contribution in [1.29, 1.82) is 0 Å². The molecule has 0 radical (unpaired) electrons. The van der Waals surface area contributed by atoms with Crippen molar-refractivity contribution in [2.24, 2.45) is 7.05 Å². The van der Waals surface area contributed by atoms with Crippen molar-refractivity contribution in [3.05, 3.63) is 41.0 Å². The zero-order chi connectivity index (χ0) is 12.5. The molecule has 0 amide bonds. The van der Waals surface area contributed by atoms with E-state index >= 15 is 0 Å². The van der Waals surface area contributed by atoms with E-state index in [9.17, 15) is 8.42 Å². The van der Waals surface area contributed by atoms with Gasteiger partial charge in [-0.1, -0.05) is 18.2 Å². The van der Waals surface area contributed by atoms with Crippen molar-refractivity contribution in [2.75, 3.05) is 0 Å². The zero-order valence-electron chi connectivity index (χ0n) is 9.35. The lowest BCUT2D eigenvalue weighted by Gasteiger charge is -2.09. The summed E-state index contributed by atoms with van der Waals surface area (Å²) in [6, 6.07) is 7.96. The molecule has 0 aliphatic carbocycles. The second-order valence-electron chi connectivity index (χ2n) is 3.41. The van der Waals surface area contributed by atoms with Crippen LogP contribution in [0.1, 0.15) is 5.82 Å². The predicted octanol–water partition coefficient (Wildman–Crippen LogP) is -0.0633. The predicted molar refractivity (Wildman–Crippen MR) is 58.3 cm³/mol. The van der Waals surface area contributed by atoms with E-state index < -0.39 is 10.0 Å². The van der Waals surface area contributed by atoms with E-state index in [4.69, 9.17) is 0 Å². The van der Waals surface area contributed by atoms with E-state index in [1.54, 1.807) is 32.2 Å². The van der Waals surface area contributed by atoms with Crippen LogP contribution in [0, 0.1) is 6.92 Å². The highest BCUT2D eigenvalue weighted by molar-refractivity contribution is 7.93. The minimum absolute atomic E-state index is 0.123. The summed E-state index contributed by atoms with van der Waals surface area (Å²) in [5.74, 6) is 0.518. The van der Waals surface area contributed by atoms with Gasteiger partial charge in [0.1, 0.15) is 0 Å². The van der Waals surface area contributed by atoms with Crippen molar-refractivity contribution >= 4 is 10.0 Å². The number of nitrogens with zero attached hydrogens (tertiary/aromatic N) is 5. The second-order valence-corrected chi connectivity index (χ2v) is 4.99. The van der Waals surface area contributed by atoms with E-state index in [1.165, 1.54) is 16.8 Å². The van der Waals surface area contributed by atoms with E-state index in [1.807, 2.05) is 0 Å². The summed E-state index contributed by atoms with van der Waals surface area (Å²) in [7, 11) is -2.09. The molecule has 0 saturated carbocycles. The van der Waals surface area contributed by atoms with Crippen LogP contribution >= 0.6 is 0 Å². The van der Waals surface area contributed by atoms with Gasteiger partial charge < -0.3 is 0 Å². The third kappa shape index (κ3) is 2.26. The molecule has 0 saturated heterocycles. The van der Waals surface area contributed by atoms with Gasteiger partial charge in [0.25, 0.3) is 0 Å². The first-order chi connectivity index (χ1) is 8.00. The number of hydrogen-bond acceptors (Lipinski definition) is 4. The molecule has 1 heterocycles. The van der Waals surface area contributed by atoms with E-state index in [-0.39, 0.29) is 4.90 Å². The summed E-state index contributed by atoms with van der Waals surface area (Å²) in [6.07, 6.45) is 0. The van der Waals surface area contributed by atoms with E-state index in [2.05, 4.69) is 15.3 Å². The SMILES string of the molecule is Cc1n(C)nn[n+]1[N-]S(=O)(=O)c1ccccc1. The van der Waals surface area contributed by atoms with E-state index in [0.717, 1.165) is 4.79 Å². The van der Waals surface area contributed by atoms with E-state index in [0.29, 0.717) is 5.82 Å². The van der Waals surface area contributed by atoms with Crippen LogP contribution in [0.5, 0.6) is 0 Å². The van der Waals surface area contributed by atoms with Crippen LogP contribution in [0.4, 0.5) is 0 Å². The Morgan fingerprint density at radius 2 is 1.94 bits per heavy atom. The number of rotatable bonds is 3. The molecule has 7 nitrogen and oxygen atoms in total. The second kappa shape index (κ2) is 4.13. The molecule has 1 aromatic heterocycles. The van der Waals surface area contributed by atoms with Crippen LogP contribution in [0.3, 0.4) is 0 Å². The first-order valence-corrected chi connectivity index (χ1v) is 6.27. The molecule has 0 aliphatic heterocycles. The molecule has 0 fully saturated rings. The van der Waals surface area contributed by atoms with Gasteiger partial charge in [0, 0.05) is 12.1 Å². The van der Waals surface area contributed by atoms with Gasteiger partial charge in [0.05, 0.1) is 11.9 Å². The van der Waals surface area contributed by atoms with Gasteiger partial charge in [-0.2, -0.15) is 4.79 Å². The van der Waals surface area contributed by atoms with Gasteiger partial charge in [-0.15, -0.1) is 9.90 Å². The van der Waals surface area contributed by atoms with Crippen molar-refractivity contribution in [1.82, 2.24) is 15.1 Å². The fourth-order valence-corrected chi connectivity index (χ4v) is 2.12. The minimum atomic E-state index is -3.75. The quantitative estimate of drug-likeness (QED) is 0.717. The molecule has 0 spiro atoms. The molecule has 0 aliphatic rings. The number of aryl methyl sites for hydroxylation is 1. The lowest BCUT2D eigenvalue weighted by Crippen LogP contribution is -2.37. The van der Waals surface area contributed by atoms with Gasteiger partial charge in [-0.25, -0.2) is 13.2 Å². The Balaban J connectivity index is 2.34. The fourth-order valence-electron chi connectivity index (χ4n) is 1.17. The van der Waals surface area contributed by atoms with Crippen LogP contribution in [0.25, 0.3) is 4.83 Å². The Kier molecular flexibility index (Phi) is 2.80. The van der Waals surface area contributed by atoms with Crippen molar-refractivity contribution in [2.45, 2.75) is 11.8 Å². The molecular weight excluding hydrogens is 242 g/mol. The Hall–Kier alpha value is -1.96. The summed E-state index contributed by atoms with van der Waals surface area (Å²) >= 11 is 0. The highest BCUT2D eigenvalue weighted by atomic mass is 32.2. The van der Waals surface area contributed by atoms with Crippen molar-refractivity contribution in [3.8, 4) is 0 Å². The van der Waals surface area contributed by atoms with Crippen molar-refractivity contribution in [3.63, 3.8) is 0 Å². The first-order valence-electron chi connectivity index (χ1n) is 4.83. The van der Waals surface area contributed by atoms with Gasteiger partial charge in [-0.05, 0) is 12.1 Å². The normalized spacial score (nSPS) is 11.4. The molecule has 90 valence electrons. The summed E-state index contributed by atoms with van der Waals surface area (Å²) in [6.45, 7) is 1.67. The fraction of sp³-hybridized carbons (Fsp3) is 0.222. The molecule has 2 rings (SSSR count). The lowest BCUT2D eigenvalue weighted by atomic mass is 10.4. The molecular formula is C9H11N5O2S. The number of hydrogen-bond donors (Lipinski definition) is 0. The number of benzene rings is 1. The molecule has 1 aromatic carbocycles. The lowest BCUT2D eigenvalue weighted by molar-refractivity contribution is -0.684. The largest absolute Gasteiger partial charge is 0.240 e. The molecule has 8 heteroatoms. The monoisotopic (exact) mass is 253 g/mol. The molecule has 0 unspecified atom stereocenters. The first kappa shape index (κ1) is 11.5. The Labute approximate surface area is 98.7 Å². The maximum atomic E-state index is 11.9. The molecule has 0 bridgehead atoms. The number of aromatic nitrogens is 4. The maximum absolute atomic E-state index is 11.9. The smallest absolute Gasteiger partial charge is 0.219 e. The minimum Gasteiger partial charge on any atom is -0.219 e. The topological polar surface area (TPSA) is 82.8 Å². The molecule has 2 aromatic rings. The van der Waals surface area contributed by atoms with Crippen LogP contribution in [0.2, 0.25) is 0 Å².